The van der Waals surface area contributed by atoms with Crippen LogP contribution in [-0.2, 0) is 0 Å². The molecule has 2 saturated heterocycles. The quantitative estimate of drug-likeness (QED) is 0.832. The molecule has 1 amide bonds. The fourth-order valence-corrected chi connectivity index (χ4v) is 4.23. The Bertz CT molecular complexity index is 814. The van der Waals surface area contributed by atoms with Gasteiger partial charge in [-0.25, -0.2) is 14.4 Å². The molecule has 2 aromatic rings. The number of benzene rings is 1. The normalized spacial score (nSPS) is 22.0. The molecule has 0 N–H and O–H groups in total. The minimum Gasteiger partial charge on any atom is -0.340 e. The molecule has 2 aliphatic rings. The van der Waals surface area contributed by atoms with Crippen molar-refractivity contribution in [3.63, 3.8) is 0 Å². The molecule has 6 heteroatoms. The van der Waals surface area contributed by atoms with Crippen LogP contribution < -0.4 is 4.90 Å². The van der Waals surface area contributed by atoms with E-state index in [-0.39, 0.29) is 11.5 Å². The third-order valence-electron chi connectivity index (χ3n) is 5.46. The minimum atomic E-state index is -0.433. The average molecular weight is 354 g/mol. The zero-order valence-corrected chi connectivity index (χ0v) is 15.4. The largest absolute Gasteiger partial charge is 0.340 e. The highest BCUT2D eigenvalue weighted by molar-refractivity contribution is 5.96. The standard InChI is InChI=1S/C20H23FN4O/c1-12-5-4-6-17(21)18(12)19(26)24-8-15-10-25(11-16(15)9-24)20-22-13(2)7-14(3)23-20/h4-7,15-16H,8-11H2,1-3H3. The Hall–Kier alpha value is -2.50. The lowest BCUT2D eigenvalue weighted by atomic mass is 10.0. The summed E-state index contributed by atoms with van der Waals surface area (Å²) in [6, 6.07) is 6.75. The summed E-state index contributed by atoms with van der Waals surface area (Å²) in [5.41, 5.74) is 2.84. The van der Waals surface area contributed by atoms with Gasteiger partial charge in [0, 0.05) is 49.4 Å². The van der Waals surface area contributed by atoms with E-state index in [1.54, 1.807) is 24.0 Å². The van der Waals surface area contributed by atoms with Gasteiger partial charge < -0.3 is 9.80 Å². The lowest BCUT2D eigenvalue weighted by Gasteiger charge is -2.23. The smallest absolute Gasteiger partial charge is 0.257 e. The molecule has 136 valence electrons. The van der Waals surface area contributed by atoms with E-state index in [0.717, 1.165) is 30.4 Å². The molecule has 26 heavy (non-hydrogen) atoms. The van der Waals surface area contributed by atoms with Gasteiger partial charge in [-0.2, -0.15) is 0 Å². The van der Waals surface area contributed by atoms with Crippen LogP contribution >= 0.6 is 0 Å². The van der Waals surface area contributed by atoms with Gasteiger partial charge >= 0.3 is 0 Å². The first-order valence-electron chi connectivity index (χ1n) is 9.04. The van der Waals surface area contributed by atoms with E-state index in [2.05, 4.69) is 14.9 Å². The Morgan fingerprint density at radius 1 is 1.04 bits per heavy atom. The highest BCUT2D eigenvalue weighted by Gasteiger charge is 2.43. The summed E-state index contributed by atoms with van der Waals surface area (Å²) >= 11 is 0. The molecular weight excluding hydrogens is 331 g/mol. The zero-order valence-electron chi connectivity index (χ0n) is 15.4. The van der Waals surface area contributed by atoms with Gasteiger partial charge in [0.1, 0.15) is 5.82 Å². The van der Waals surface area contributed by atoms with Crippen LogP contribution in [0.15, 0.2) is 24.3 Å². The van der Waals surface area contributed by atoms with Gasteiger partial charge in [0.05, 0.1) is 5.56 Å². The molecule has 0 saturated carbocycles. The van der Waals surface area contributed by atoms with Crippen LogP contribution in [0.3, 0.4) is 0 Å². The second-order valence-electron chi connectivity index (χ2n) is 7.52. The molecule has 1 aromatic carbocycles. The Kier molecular flexibility index (Phi) is 4.13. The number of rotatable bonds is 2. The third kappa shape index (κ3) is 2.93. The fourth-order valence-electron chi connectivity index (χ4n) is 4.23. The van der Waals surface area contributed by atoms with Crippen LogP contribution in [0.1, 0.15) is 27.3 Å². The molecule has 0 spiro atoms. The first-order valence-corrected chi connectivity index (χ1v) is 9.04. The van der Waals surface area contributed by atoms with Gasteiger partial charge in [0.2, 0.25) is 5.95 Å². The number of anilines is 1. The molecule has 5 nitrogen and oxygen atoms in total. The van der Waals surface area contributed by atoms with Crippen molar-refractivity contribution in [2.75, 3.05) is 31.1 Å². The first-order chi connectivity index (χ1) is 12.4. The second kappa shape index (κ2) is 6.34. The number of hydrogen-bond donors (Lipinski definition) is 0. The maximum atomic E-state index is 14.1. The predicted octanol–water partition coefficient (Wildman–Crippen LogP) is 2.75. The van der Waals surface area contributed by atoms with Crippen molar-refractivity contribution in [3.05, 3.63) is 52.6 Å². The van der Waals surface area contributed by atoms with Crippen LogP contribution in [0.2, 0.25) is 0 Å². The van der Waals surface area contributed by atoms with Gasteiger partial charge in [0.25, 0.3) is 5.91 Å². The van der Waals surface area contributed by atoms with Gasteiger partial charge in [0.15, 0.2) is 0 Å². The van der Waals surface area contributed by atoms with Crippen molar-refractivity contribution in [3.8, 4) is 0 Å². The Labute approximate surface area is 152 Å². The van der Waals surface area contributed by atoms with E-state index < -0.39 is 5.82 Å². The van der Waals surface area contributed by atoms with Crippen LogP contribution in [-0.4, -0.2) is 47.0 Å². The Morgan fingerprint density at radius 2 is 1.65 bits per heavy atom. The Morgan fingerprint density at radius 3 is 2.23 bits per heavy atom. The number of aromatic nitrogens is 2. The van der Waals surface area contributed by atoms with Gasteiger partial charge in [-0.15, -0.1) is 0 Å². The molecule has 0 radical (unpaired) electrons. The number of carbonyl (C=O) groups is 1. The number of hydrogen-bond acceptors (Lipinski definition) is 4. The van der Waals surface area contributed by atoms with Crippen LogP contribution in [0, 0.1) is 38.4 Å². The minimum absolute atomic E-state index is 0.191. The average Bonchev–Trinajstić information content (AvgIpc) is 3.12. The van der Waals surface area contributed by atoms with Gasteiger partial charge in [-0.05, 0) is 38.5 Å². The van der Waals surface area contributed by atoms with Crippen LogP contribution in [0.5, 0.6) is 0 Å². The molecule has 3 heterocycles. The summed E-state index contributed by atoms with van der Waals surface area (Å²) in [6.07, 6.45) is 0. The van der Waals surface area contributed by atoms with E-state index in [1.807, 2.05) is 19.9 Å². The number of nitrogens with zero attached hydrogens (tertiary/aromatic N) is 4. The number of carbonyl (C=O) groups excluding carboxylic acids is 1. The number of halogens is 1. The van der Waals surface area contributed by atoms with Gasteiger partial charge in [-0.1, -0.05) is 12.1 Å². The fraction of sp³-hybridized carbons (Fsp3) is 0.450. The second-order valence-corrected chi connectivity index (χ2v) is 7.52. The number of amides is 1. The summed E-state index contributed by atoms with van der Waals surface area (Å²) in [4.78, 5) is 25.9. The predicted molar refractivity (Wildman–Crippen MR) is 97.7 cm³/mol. The molecule has 2 atom stereocenters. The van der Waals surface area contributed by atoms with E-state index in [1.165, 1.54) is 6.07 Å². The summed E-state index contributed by atoms with van der Waals surface area (Å²) < 4.78 is 14.1. The summed E-state index contributed by atoms with van der Waals surface area (Å²) in [7, 11) is 0. The highest BCUT2D eigenvalue weighted by Crippen LogP contribution is 2.34. The van der Waals surface area contributed by atoms with Crippen molar-refractivity contribution in [1.82, 2.24) is 14.9 Å². The highest BCUT2D eigenvalue weighted by atomic mass is 19.1. The maximum Gasteiger partial charge on any atom is 0.257 e. The summed E-state index contributed by atoms with van der Waals surface area (Å²) in [6.45, 7) is 8.75. The lowest BCUT2D eigenvalue weighted by Crippen LogP contribution is -2.34. The lowest BCUT2D eigenvalue weighted by molar-refractivity contribution is 0.0777. The molecule has 0 bridgehead atoms. The van der Waals surface area contributed by atoms with Crippen molar-refractivity contribution >= 4 is 11.9 Å². The van der Waals surface area contributed by atoms with E-state index in [4.69, 9.17) is 0 Å². The summed E-state index contributed by atoms with van der Waals surface area (Å²) in [5.74, 6) is 0.923. The van der Waals surface area contributed by atoms with E-state index in [0.29, 0.717) is 30.5 Å². The molecule has 2 aliphatic heterocycles. The van der Waals surface area contributed by atoms with Crippen LogP contribution in [0.25, 0.3) is 0 Å². The molecule has 2 unspecified atom stereocenters. The van der Waals surface area contributed by atoms with Crippen molar-refractivity contribution < 1.29 is 9.18 Å². The van der Waals surface area contributed by atoms with Crippen molar-refractivity contribution in [2.24, 2.45) is 11.8 Å². The maximum absolute atomic E-state index is 14.1. The molecule has 0 aliphatic carbocycles. The third-order valence-corrected chi connectivity index (χ3v) is 5.46. The molecule has 2 fully saturated rings. The molecular formula is C20H23FN4O. The topological polar surface area (TPSA) is 49.3 Å². The Balaban J connectivity index is 1.47. The van der Waals surface area contributed by atoms with Gasteiger partial charge in [-0.3, -0.25) is 4.79 Å². The first kappa shape index (κ1) is 16.9. The SMILES string of the molecule is Cc1cc(C)nc(N2CC3CN(C(=O)c4c(C)cccc4F)CC3C2)n1. The zero-order chi connectivity index (χ0) is 18.4. The molecule has 4 rings (SSSR count). The number of likely N-dealkylation sites (tertiary alicyclic amines) is 1. The monoisotopic (exact) mass is 354 g/mol. The van der Waals surface area contributed by atoms with E-state index in [9.17, 15) is 9.18 Å². The van der Waals surface area contributed by atoms with Crippen LogP contribution in [0.4, 0.5) is 10.3 Å². The van der Waals surface area contributed by atoms with Crippen molar-refractivity contribution in [2.45, 2.75) is 20.8 Å². The van der Waals surface area contributed by atoms with E-state index >= 15 is 0 Å². The summed E-state index contributed by atoms with van der Waals surface area (Å²) in [5, 5.41) is 0. The number of aryl methyl sites for hydroxylation is 3. The number of fused-ring (bicyclic) bond motifs is 1. The molecule has 1 aromatic heterocycles. The van der Waals surface area contributed by atoms with Crippen molar-refractivity contribution in [1.29, 1.82) is 0 Å².